The zero-order chi connectivity index (χ0) is 83.6. The van der Waals surface area contributed by atoms with Crippen LogP contribution in [0.15, 0.2) is 134 Å². The summed E-state index contributed by atoms with van der Waals surface area (Å²) in [4.78, 5) is 58.9. The number of aliphatic hydroxyl groups is 2. The highest BCUT2D eigenvalue weighted by molar-refractivity contribution is 7.47. The van der Waals surface area contributed by atoms with E-state index in [1.165, 1.54) is 205 Å². The number of unbranched alkanes of at least 4 members (excludes halogenated alkanes) is 43. The molecule has 0 fully saturated rings. The number of phosphoric acid groups is 2. The Morgan fingerprint density at radius 1 is 0.252 bits per heavy atom. The molecule has 0 aliphatic heterocycles. The summed E-state index contributed by atoms with van der Waals surface area (Å²) in [6.07, 6.45) is 111. The molecular formula is C97H170O16P2. The Bertz CT molecular complexity index is 2620. The number of ether oxygens (including phenoxy) is 3. The van der Waals surface area contributed by atoms with Gasteiger partial charge in [-0.15, -0.1) is 0 Å². The zero-order valence-corrected chi connectivity index (χ0v) is 75.0. The third kappa shape index (κ3) is 90.3. The first kappa shape index (κ1) is 111. The highest BCUT2D eigenvalue weighted by Gasteiger charge is 2.29. The Morgan fingerprint density at radius 2 is 0.461 bits per heavy atom. The van der Waals surface area contributed by atoms with E-state index in [1.807, 2.05) is 0 Å². The zero-order valence-electron chi connectivity index (χ0n) is 73.2. The van der Waals surface area contributed by atoms with Gasteiger partial charge in [0, 0.05) is 19.3 Å². The van der Waals surface area contributed by atoms with E-state index in [4.69, 9.17) is 32.3 Å². The van der Waals surface area contributed by atoms with Crippen molar-refractivity contribution < 1.29 is 75.8 Å². The Kier molecular flexibility index (Phi) is 85.6. The van der Waals surface area contributed by atoms with Gasteiger partial charge in [-0.1, -0.05) is 379 Å². The van der Waals surface area contributed by atoms with Crippen LogP contribution in [-0.2, 0) is 55.8 Å². The maximum Gasteiger partial charge on any atom is 0.472 e. The van der Waals surface area contributed by atoms with Crippen molar-refractivity contribution in [3.8, 4) is 0 Å². The molecule has 0 aliphatic carbocycles. The fraction of sp³-hybridized carbons (Fsp3) is 0.742. The quantitative estimate of drug-likeness (QED) is 0.0146. The first-order valence-corrected chi connectivity index (χ1v) is 49.5. The predicted molar refractivity (Wildman–Crippen MR) is 482 cm³/mol. The van der Waals surface area contributed by atoms with E-state index in [1.54, 1.807) is 0 Å². The van der Waals surface area contributed by atoms with E-state index in [2.05, 4.69) is 154 Å². The SMILES string of the molecule is CC/C=C\C/C=C\C/C=C\C/C=C\C/C=C\C/C=C\CCCCCCCCCCCCCCCCC(=O)OCC(O)COP(=O)(O)OCC(O)COP(=O)(O)OCC(COC(=O)CCCCCCCCCCCCCCCCCCC/C=C\C/C=C\C/C=C\C/C=C\CCCCC)OC(=O)CCCCCCC/C=C\CCCCCC. The number of rotatable bonds is 88. The van der Waals surface area contributed by atoms with Gasteiger partial charge in [0.1, 0.15) is 25.4 Å². The molecule has 0 aromatic heterocycles. The van der Waals surface area contributed by atoms with Crippen LogP contribution in [0.5, 0.6) is 0 Å². The summed E-state index contributed by atoms with van der Waals surface area (Å²) in [5, 5.41) is 20.7. The fourth-order valence-corrected chi connectivity index (χ4v) is 14.4. The lowest BCUT2D eigenvalue weighted by atomic mass is 10.0. The molecule has 4 N–H and O–H groups in total. The minimum atomic E-state index is -4.94. The van der Waals surface area contributed by atoms with Crippen LogP contribution < -0.4 is 0 Å². The molecule has 18 heteroatoms. The number of carbonyl (C=O) groups excluding carboxylic acids is 3. The summed E-state index contributed by atoms with van der Waals surface area (Å²) >= 11 is 0. The number of aliphatic hydroxyl groups excluding tert-OH is 2. The van der Waals surface area contributed by atoms with Crippen LogP contribution in [0.25, 0.3) is 0 Å². The number of carbonyl (C=O) groups is 3. The van der Waals surface area contributed by atoms with Crippen LogP contribution in [-0.4, -0.2) is 95.9 Å². The van der Waals surface area contributed by atoms with Crippen LogP contribution in [0, 0.1) is 0 Å². The first-order valence-electron chi connectivity index (χ1n) is 46.5. The molecule has 115 heavy (non-hydrogen) atoms. The maximum absolute atomic E-state index is 13.0. The summed E-state index contributed by atoms with van der Waals surface area (Å²) in [7, 11) is -9.80. The Hall–Kier alpha value is -4.31. The molecule has 664 valence electrons. The Labute approximate surface area is 703 Å². The smallest absolute Gasteiger partial charge is 0.463 e. The van der Waals surface area contributed by atoms with Crippen molar-refractivity contribution in [1.29, 1.82) is 0 Å². The van der Waals surface area contributed by atoms with E-state index in [0.717, 1.165) is 141 Å². The Balaban J connectivity index is 4.39. The van der Waals surface area contributed by atoms with Gasteiger partial charge in [0.2, 0.25) is 0 Å². The molecule has 0 aliphatic rings. The molecule has 0 aromatic rings. The summed E-state index contributed by atoms with van der Waals surface area (Å²) in [6, 6.07) is 0. The second-order valence-electron chi connectivity index (χ2n) is 31.1. The van der Waals surface area contributed by atoms with Crippen molar-refractivity contribution in [2.45, 2.75) is 424 Å². The van der Waals surface area contributed by atoms with E-state index in [0.29, 0.717) is 19.3 Å². The second-order valence-corrected chi connectivity index (χ2v) is 34.0. The van der Waals surface area contributed by atoms with Gasteiger partial charge in [-0.25, -0.2) is 9.13 Å². The van der Waals surface area contributed by atoms with Gasteiger partial charge in [-0.3, -0.25) is 32.5 Å². The van der Waals surface area contributed by atoms with Crippen LogP contribution in [0.1, 0.15) is 406 Å². The van der Waals surface area contributed by atoms with Crippen molar-refractivity contribution in [3.63, 3.8) is 0 Å². The predicted octanol–water partition coefficient (Wildman–Crippen LogP) is 28.6. The molecular weight excluding hydrogens is 1480 g/mol. The molecule has 0 aromatic carbocycles. The van der Waals surface area contributed by atoms with E-state index >= 15 is 0 Å². The lowest BCUT2D eigenvalue weighted by molar-refractivity contribution is -0.161. The summed E-state index contributed by atoms with van der Waals surface area (Å²) in [5.74, 6) is -1.57. The normalized spacial score (nSPS) is 14.4. The van der Waals surface area contributed by atoms with Crippen molar-refractivity contribution in [2.24, 2.45) is 0 Å². The van der Waals surface area contributed by atoms with Crippen molar-refractivity contribution in [3.05, 3.63) is 134 Å². The highest BCUT2D eigenvalue weighted by atomic mass is 31.2. The third-order valence-corrected chi connectivity index (χ3v) is 21.7. The average Bonchev–Trinajstić information content (AvgIpc) is 0.901. The average molecular weight is 1650 g/mol. The third-order valence-electron chi connectivity index (χ3n) is 19.8. The molecule has 0 rings (SSSR count). The minimum Gasteiger partial charge on any atom is -0.463 e. The molecule has 0 saturated heterocycles. The van der Waals surface area contributed by atoms with Crippen LogP contribution in [0.2, 0.25) is 0 Å². The molecule has 0 radical (unpaired) electrons. The summed E-state index contributed by atoms with van der Waals surface area (Å²) in [6.45, 7) is 2.57. The number of hydrogen-bond acceptors (Lipinski definition) is 14. The summed E-state index contributed by atoms with van der Waals surface area (Å²) in [5.41, 5.74) is 0. The molecule has 0 bridgehead atoms. The van der Waals surface area contributed by atoms with Gasteiger partial charge < -0.3 is 34.2 Å². The number of hydrogen-bond donors (Lipinski definition) is 4. The van der Waals surface area contributed by atoms with Crippen LogP contribution in [0.3, 0.4) is 0 Å². The topological polar surface area (TPSA) is 231 Å². The van der Waals surface area contributed by atoms with E-state index < -0.39 is 91.5 Å². The van der Waals surface area contributed by atoms with Gasteiger partial charge in [0.05, 0.1) is 26.4 Å². The molecule has 0 amide bonds. The van der Waals surface area contributed by atoms with Gasteiger partial charge in [-0.2, -0.15) is 0 Å². The highest BCUT2D eigenvalue weighted by Crippen LogP contribution is 2.45. The second kappa shape index (κ2) is 89.0. The molecule has 5 atom stereocenters. The molecule has 16 nitrogen and oxygen atoms in total. The molecule has 0 heterocycles. The van der Waals surface area contributed by atoms with Crippen LogP contribution >= 0.6 is 15.6 Å². The number of esters is 3. The maximum atomic E-state index is 13.0. The van der Waals surface area contributed by atoms with Gasteiger partial charge >= 0.3 is 33.6 Å². The van der Waals surface area contributed by atoms with Gasteiger partial charge in [0.15, 0.2) is 6.10 Å². The molecule has 5 unspecified atom stereocenters. The molecule has 0 saturated carbocycles. The van der Waals surface area contributed by atoms with Gasteiger partial charge in [-0.05, 0) is 141 Å². The number of allylic oxidation sites excluding steroid dienone is 22. The summed E-state index contributed by atoms with van der Waals surface area (Å²) < 4.78 is 61.4. The van der Waals surface area contributed by atoms with E-state index in [-0.39, 0.29) is 19.3 Å². The Morgan fingerprint density at radius 3 is 0.757 bits per heavy atom. The van der Waals surface area contributed by atoms with Crippen molar-refractivity contribution >= 4 is 33.6 Å². The van der Waals surface area contributed by atoms with Gasteiger partial charge in [0.25, 0.3) is 0 Å². The van der Waals surface area contributed by atoms with Crippen LogP contribution in [0.4, 0.5) is 0 Å². The lowest BCUT2D eigenvalue weighted by Gasteiger charge is -2.21. The lowest BCUT2D eigenvalue weighted by Crippen LogP contribution is -2.30. The monoisotopic (exact) mass is 1650 g/mol. The fourth-order valence-electron chi connectivity index (χ4n) is 12.8. The standard InChI is InChI=1S/C97H170O16P2/c1-4-7-10-13-16-19-22-25-27-29-31-33-35-37-39-41-43-45-47-49-51-53-55-57-59-61-63-66-68-71-74-77-80-83-95(100)107-86-92(98)87-109-114(103,104)110-88-93(99)89-111-115(105,106)112-91-94(113-97(102)85-82-79-76-73-70-65-24-21-18-15-12-9-6-3)90-108-96(101)84-81-78-75-72-69-67-64-62-60-58-56-54-52-50-48-46-44-42-40-38-36-34-32-30-28-26-23-20-17-14-11-8-5-2/h7,10,16-17,19-21,24-28,31-34,37-40,43,45,92-94,98-99H,4-6,8-9,11-15,18,22-23,29-30,35-36,41-42,44,46-91H2,1-3H3,(H,103,104)(H,105,106)/b10-7-,19-16-,20-17-,24-21-,27-25-,28-26-,33-31-,34-32-,39-37-,40-38-,45-43-. The molecule has 0 spiro atoms. The number of phosphoric ester groups is 2. The first-order chi connectivity index (χ1) is 56.2. The minimum absolute atomic E-state index is 0.0959. The van der Waals surface area contributed by atoms with Crippen molar-refractivity contribution in [1.82, 2.24) is 0 Å². The van der Waals surface area contributed by atoms with Crippen molar-refractivity contribution in [2.75, 3.05) is 39.6 Å². The largest absolute Gasteiger partial charge is 0.472 e. The van der Waals surface area contributed by atoms with E-state index in [9.17, 15) is 43.5 Å².